The Morgan fingerprint density at radius 3 is 2.31 bits per heavy atom. The Morgan fingerprint density at radius 2 is 1.56 bits per heavy atom. The van der Waals surface area contributed by atoms with E-state index in [4.69, 9.17) is 7.85 Å². The van der Waals surface area contributed by atoms with Crippen LogP contribution < -0.4 is 0 Å². The summed E-state index contributed by atoms with van der Waals surface area (Å²) in [5.74, 6) is 1.59. The first-order chi connectivity index (χ1) is 7.90. The van der Waals surface area contributed by atoms with Gasteiger partial charge in [-0.25, -0.2) is 0 Å². The first kappa shape index (κ1) is 10.8. The number of hydrogen-bond acceptors (Lipinski definition) is 0. The Morgan fingerprint density at radius 1 is 0.875 bits per heavy atom. The largest absolute Gasteiger partial charge is 0.131 e. The van der Waals surface area contributed by atoms with Crippen LogP contribution in [0.15, 0.2) is 60.6 Å². The van der Waals surface area contributed by atoms with E-state index in [1.54, 1.807) is 5.98 Å². The van der Waals surface area contributed by atoms with Crippen molar-refractivity contribution < 1.29 is 0 Å². The van der Waals surface area contributed by atoms with Gasteiger partial charge in [0, 0.05) is 0 Å². The summed E-state index contributed by atoms with van der Waals surface area (Å²) in [4.78, 5) is 0. The molecular formula is C15H13B. The predicted octanol–water partition coefficient (Wildman–Crippen LogP) is 3.42. The molecule has 0 aliphatic rings. The van der Waals surface area contributed by atoms with Crippen molar-refractivity contribution in [3.8, 4) is 0 Å². The molecule has 0 aliphatic carbocycles. The van der Waals surface area contributed by atoms with Gasteiger partial charge in [-0.15, -0.1) is 5.98 Å². The summed E-state index contributed by atoms with van der Waals surface area (Å²) in [6.45, 7) is 0. The van der Waals surface area contributed by atoms with Gasteiger partial charge >= 0.3 is 0 Å². The number of hydrogen-bond donors (Lipinski definition) is 0. The van der Waals surface area contributed by atoms with E-state index < -0.39 is 0 Å². The molecule has 0 aliphatic heterocycles. The highest BCUT2D eigenvalue weighted by molar-refractivity contribution is 6.19. The minimum atomic E-state index is 0.946. The highest BCUT2D eigenvalue weighted by atomic mass is 14.0. The van der Waals surface area contributed by atoms with Crippen molar-refractivity contribution in [1.82, 2.24) is 0 Å². The lowest BCUT2D eigenvalue weighted by atomic mass is 9.98. The second kappa shape index (κ2) is 5.36. The molecule has 0 saturated heterocycles. The van der Waals surface area contributed by atoms with Crippen molar-refractivity contribution in [1.29, 1.82) is 0 Å². The molecule has 2 rings (SSSR count). The fourth-order valence-electron chi connectivity index (χ4n) is 1.78. The molecule has 2 radical (unpaired) electrons. The van der Waals surface area contributed by atoms with Gasteiger partial charge in [-0.05, 0) is 23.1 Å². The molecule has 0 N–H and O–H groups in total. The maximum absolute atomic E-state index is 5.44. The van der Waals surface area contributed by atoms with Crippen molar-refractivity contribution in [2.75, 3.05) is 0 Å². The average Bonchev–Trinajstić information content (AvgIpc) is 2.33. The standard InChI is InChI=1S/C15H13B/c16-11-10-14-8-4-5-9-15(14)12-13-6-2-1-3-7-13/h1-11H,12H2/b11-10+. The van der Waals surface area contributed by atoms with Crippen LogP contribution in [0.5, 0.6) is 0 Å². The Kier molecular flexibility index (Phi) is 3.60. The molecule has 2 aromatic rings. The zero-order valence-electron chi connectivity index (χ0n) is 9.14. The summed E-state index contributed by atoms with van der Waals surface area (Å²) in [5.41, 5.74) is 3.81. The van der Waals surface area contributed by atoms with E-state index in [2.05, 4.69) is 42.5 Å². The van der Waals surface area contributed by atoms with Gasteiger partial charge < -0.3 is 0 Å². The highest BCUT2D eigenvalue weighted by Gasteiger charge is 1.99. The van der Waals surface area contributed by atoms with Gasteiger partial charge in [0.15, 0.2) is 0 Å². The smallest absolute Gasteiger partial charge is 0.102 e. The molecule has 0 spiro atoms. The molecule has 2 aromatic carbocycles. The lowest BCUT2D eigenvalue weighted by molar-refractivity contribution is 1.19. The Labute approximate surface area is 98.0 Å². The van der Waals surface area contributed by atoms with Crippen LogP contribution in [0.3, 0.4) is 0 Å². The fourth-order valence-corrected chi connectivity index (χ4v) is 1.78. The zero-order valence-corrected chi connectivity index (χ0v) is 9.14. The van der Waals surface area contributed by atoms with E-state index in [-0.39, 0.29) is 0 Å². The maximum atomic E-state index is 5.44. The molecule has 0 fully saturated rings. The second-order valence-electron chi connectivity index (χ2n) is 3.72. The van der Waals surface area contributed by atoms with E-state index in [0.29, 0.717) is 0 Å². The molecule has 0 aromatic heterocycles. The molecule has 0 amide bonds. The molecule has 0 saturated carbocycles. The Balaban J connectivity index is 2.28. The van der Waals surface area contributed by atoms with Crippen LogP contribution in [0.4, 0.5) is 0 Å². The zero-order chi connectivity index (χ0) is 11.2. The predicted molar refractivity (Wildman–Crippen MR) is 70.5 cm³/mol. The van der Waals surface area contributed by atoms with Gasteiger partial charge in [0.05, 0.1) is 0 Å². The van der Waals surface area contributed by atoms with Crippen molar-refractivity contribution in [2.45, 2.75) is 6.42 Å². The Bertz CT molecular complexity index is 472. The molecular weight excluding hydrogens is 191 g/mol. The van der Waals surface area contributed by atoms with Crippen molar-refractivity contribution >= 4 is 13.9 Å². The highest BCUT2D eigenvalue weighted by Crippen LogP contribution is 2.15. The van der Waals surface area contributed by atoms with Gasteiger partial charge in [-0.2, -0.15) is 0 Å². The molecule has 76 valence electrons. The molecule has 0 bridgehead atoms. The van der Waals surface area contributed by atoms with Crippen molar-refractivity contribution in [3.05, 3.63) is 77.3 Å². The van der Waals surface area contributed by atoms with E-state index in [9.17, 15) is 0 Å². The van der Waals surface area contributed by atoms with E-state index in [1.807, 2.05) is 18.2 Å². The van der Waals surface area contributed by atoms with Crippen LogP contribution in [-0.2, 0) is 6.42 Å². The summed E-state index contributed by atoms with van der Waals surface area (Å²) in [6, 6.07) is 18.8. The van der Waals surface area contributed by atoms with E-state index in [0.717, 1.165) is 6.42 Å². The Hall–Kier alpha value is -1.76. The van der Waals surface area contributed by atoms with Crippen LogP contribution in [0.25, 0.3) is 6.08 Å². The summed E-state index contributed by atoms with van der Waals surface area (Å²) < 4.78 is 0. The van der Waals surface area contributed by atoms with Gasteiger partial charge in [-0.1, -0.05) is 60.7 Å². The van der Waals surface area contributed by atoms with Crippen molar-refractivity contribution in [3.63, 3.8) is 0 Å². The third-order valence-corrected chi connectivity index (χ3v) is 2.57. The van der Waals surface area contributed by atoms with Gasteiger partial charge in [0.25, 0.3) is 0 Å². The molecule has 0 unspecified atom stereocenters. The quantitative estimate of drug-likeness (QED) is 0.672. The van der Waals surface area contributed by atoms with Crippen LogP contribution in [-0.4, -0.2) is 7.85 Å². The fraction of sp³-hybridized carbons (Fsp3) is 0.0667. The molecule has 0 nitrogen and oxygen atoms in total. The van der Waals surface area contributed by atoms with Crippen LogP contribution in [0.2, 0.25) is 0 Å². The van der Waals surface area contributed by atoms with Gasteiger partial charge in [-0.3, -0.25) is 0 Å². The molecule has 1 heteroatoms. The second-order valence-corrected chi connectivity index (χ2v) is 3.72. The maximum Gasteiger partial charge on any atom is 0.102 e. The molecule has 16 heavy (non-hydrogen) atoms. The summed E-state index contributed by atoms with van der Waals surface area (Å²) in [7, 11) is 5.44. The SMILES string of the molecule is [B]/C=C/c1ccccc1Cc1ccccc1. The minimum absolute atomic E-state index is 0.946. The van der Waals surface area contributed by atoms with E-state index >= 15 is 0 Å². The van der Waals surface area contributed by atoms with Gasteiger partial charge in [0.2, 0.25) is 0 Å². The lowest BCUT2D eigenvalue weighted by Crippen LogP contribution is -1.90. The van der Waals surface area contributed by atoms with Crippen molar-refractivity contribution in [2.24, 2.45) is 0 Å². The minimum Gasteiger partial charge on any atom is -0.131 e. The number of benzene rings is 2. The van der Waals surface area contributed by atoms with Crippen LogP contribution in [0, 0.1) is 0 Å². The summed E-state index contributed by atoms with van der Waals surface area (Å²) >= 11 is 0. The normalized spacial score (nSPS) is 10.8. The molecule has 0 heterocycles. The van der Waals surface area contributed by atoms with Crippen LogP contribution in [0.1, 0.15) is 16.7 Å². The van der Waals surface area contributed by atoms with Gasteiger partial charge in [0.1, 0.15) is 7.85 Å². The first-order valence-electron chi connectivity index (χ1n) is 5.40. The third-order valence-electron chi connectivity index (χ3n) is 2.57. The topological polar surface area (TPSA) is 0 Å². The third kappa shape index (κ3) is 2.63. The van der Waals surface area contributed by atoms with Crippen LogP contribution >= 0.6 is 0 Å². The van der Waals surface area contributed by atoms with E-state index in [1.165, 1.54) is 16.7 Å². The number of rotatable bonds is 3. The lowest BCUT2D eigenvalue weighted by Gasteiger charge is -2.05. The first-order valence-corrected chi connectivity index (χ1v) is 5.40. The average molecular weight is 204 g/mol. The molecule has 0 atom stereocenters. The monoisotopic (exact) mass is 204 g/mol. The summed E-state index contributed by atoms with van der Waals surface area (Å²) in [5, 5.41) is 0. The summed E-state index contributed by atoms with van der Waals surface area (Å²) in [6.07, 6.45) is 2.89.